The third kappa shape index (κ3) is 4.72. The highest BCUT2D eigenvalue weighted by Gasteiger charge is 2.37. The van der Waals surface area contributed by atoms with Gasteiger partial charge in [0.15, 0.2) is 11.5 Å². The average Bonchev–Trinajstić information content (AvgIpc) is 3.32. The Hall–Kier alpha value is -2.67. The molecule has 1 amide bonds. The molecule has 1 atom stereocenters. The van der Waals surface area contributed by atoms with E-state index in [0.29, 0.717) is 25.3 Å². The average molecular weight is 456 g/mol. The Kier molecular flexibility index (Phi) is 6.94. The summed E-state index contributed by atoms with van der Waals surface area (Å²) in [5, 5.41) is 2.78. The van der Waals surface area contributed by atoms with Crippen LogP contribution >= 0.6 is 11.8 Å². The fraction of sp³-hybridized carbons (Fsp3) is 0.440. The lowest BCUT2D eigenvalue weighted by Gasteiger charge is -2.31. The second-order valence-corrected chi connectivity index (χ2v) is 9.69. The van der Waals surface area contributed by atoms with E-state index in [1.807, 2.05) is 24.3 Å². The number of esters is 1. The van der Waals surface area contributed by atoms with Crippen LogP contribution in [0, 0.1) is 0 Å². The number of fused-ring (bicyclic) bond motifs is 1. The normalized spacial score (nSPS) is 17.4. The highest BCUT2D eigenvalue weighted by Crippen LogP contribution is 2.44. The third-order valence-corrected chi connectivity index (χ3v) is 7.43. The largest absolute Gasteiger partial charge is 0.486 e. The summed E-state index contributed by atoms with van der Waals surface area (Å²) in [5.74, 6) is 1.12. The molecule has 2 aliphatic rings. The van der Waals surface area contributed by atoms with Crippen LogP contribution in [0.4, 0.5) is 0 Å². The quantitative estimate of drug-likeness (QED) is 0.494. The summed E-state index contributed by atoms with van der Waals surface area (Å²) in [6.45, 7) is 3.45. The van der Waals surface area contributed by atoms with Gasteiger partial charge in [0, 0.05) is 16.9 Å². The van der Waals surface area contributed by atoms with Crippen LogP contribution in [0.1, 0.15) is 48.5 Å². The summed E-state index contributed by atoms with van der Waals surface area (Å²) in [4.78, 5) is 25.8. The zero-order chi connectivity index (χ0) is 22.6. The molecule has 0 aromatic heterocycles. The maximum absolute atomic E-state index is 13.2. The Balaban J connectivity index is 1.51. The van der Waals surface area contributed by atoms with Gasteiger partial charge >= 0.3 is 5.97 Å². The number of amides is 1. The molecule has 0 spiro atoms. The molecule has 2 aromatic carbocycles. The molecule has 1 heterocycles. The predicted octanol–water partition coefficient (Wildman–Crippen LogP) is 4.35. The van der Waals surface area contributed by atoms with Crippen LogP contribution in [0.2, 0.25) is 0 Å². The number of hydrogen-bond acceptors (Lipinski definition) is 6. The third-order valence-electron chi connectivity index (χ3n) is 6.27. The van der Waals surface area contributed by atoms with Crippen LogP contribution in [-0.2, 0) is 14.9 Å². The van der Waals surface area contributed by atoms with Crippen molar-refractivity contribution in [1.29, 1.82) is 0 Å². The molecular weight excluding hydrogens is 426 g/mol. The van der Waals surface area contributed by atoms with Crippen molar-refractivity contribution in [2.75, 3.05) is 26.9 Å². The Bertz CT molecular complexity index is 986. The Morgan fingerprint density at radius 2 is 1.81 bits per heavy atom. The molecule has 32 heavy (non-hydrogen) atoms. The van der Waals surface area contributed by atoms with Crippen LogP contribution in [0.25, 0.3) is 0 Å². The number of carbonyl (C=O) groups excluding carboxylic acids is 2. The fourth-order valence-electron chi connectivity index (χ4n) is 4.50. The molecule has 2 aromatic rings. The van der Waals surface area contributed by atoms with Crippen LogP contribution < -0.4 is 14.8 Å². The van der Waals surface area contributed by atoms with Gasteiger partial charge in [0.05, 0.1) is 12.7 Å². The van der Waals surface area contributed by atoms with Gasteiger partial charge in [-0.2, -0.15) is 0 Å². The molecule has 7 heteroatoms. The van der Waals surface area contributed by atoms with Gasteiger partial charge in [0.25, 0.3) is 5.91 Å². The van der Waals surface area contributed by atoms with Gasteiger partial charge in [-0.05, 0) is 49.6 Å². The van der Waals surface area contributed by atoms with Crippen molar-refractivity contribution in [1.82, 2.24) is 5.32 Å². The number of rotatable bonds is 7. The highest BCUT2D eigenvalue weighted by atomic mass is 32.2. The van der Waals surface area contributed by atoms with Crippen LogP contribution in [0.5, 0.6) is 11.5 Å². The molecule has 1 saturated carbocycles. The lowest BCUT2D eigenvalue weighted by Crippen LogP contribution is -2.39. The molecular formula is C25H29NO5S. The van der Waals surface area contributed by atoms with Crippen molar-refractivity contribution in [3.05, 3.63) is 53.6 Å². The topological polar surface area (TPSA) is 73.9 Å². The van der Waals surface area contributed by atoms with Gasteiger partial charge in [0.2, 0.25) is 0 Å². The molecule has 170 valence electrons. The van der Waals surface area contributed by atoms with Gasteiger partial charge < -0.3 is 19.5 Å². The first-order valence-electron chi connectivity index (χ1n) is 11.0. The van der Waals surface area contributed by atoms with Crippen LogP contribution in [0.15, 0.2) is 47.4 Å². The van der Waals surface area contributed by atoms with Gasteiger partial charge in [-0.15, -0.1) is 11.8 Å². The molecule has 6 nitrogen and oxygen atoms in total. The number of thioether (sulfide) groups is 1. The lowest BCUT2D eigenvalue weighted by molar-refractivity contribution is -0.139. The fourth-order valence-corrected chi connectivity index (χ4v) is 5.52. The Morgan fingerprint density at radius 1 is 1.09 bits per heavy atom. The van der Waals surface area contributed by atoms with Gasteiger partial charge in [-0.3, -0.25) is 9.59 Å². The second kappa shape index (κ2) is 9.86. The van der Waals surface area contributed by atoms with E-state index >= 15 is 0 Å². The van der Waals surface area contributed by atoms with Gasteiger partial charge in [-0.25, -0.2) is 0 Å². The number of ether oxygens (including phenoxy) is 3. The van der Waals surface area contributed by atoms with E-state index in [-0.39, 0.29) is 17.3 Å². The number of methoxy groups -OCH3 is 1. The van der Waals surface area contributed by atoms with Crippen LogP contribution in [0.3, 0.4) is 0 Å². The van der Waals surface area contributed by atoms with Crippen molar-refractivity contribution in [2.45, 2.75) is 48.2 Å². The summed E-state index contributed by atoms with van der Waals surface area (Å²) < 4.78 is 16.3. The number of nitrogens with one attached hydrogen (secondary N) is 1. The Labute approximate surface area is 193 Å². The van der Waals surface area contributed by atoms with Crippen molar-refractivity contribution in [2.24, 2.45) is 0 Å². The van der Waals surface area contributed by atoms with E-state index < -0.39 is 5.25 Å². The van der Waals surface area contributed by atoms with Crippen LogP contribution in [-0.4, -0.2) is 44.0 Å². The maximum Gasteiger partial charge on any atom is 0.318 e. The molecule has 1 unspecified atom stereocenters. The molecule has 1 N–H and O–H groups in total. The summed E-state index contributed by atoms with van der Waals surface area (Å²) in [5.41, 5.74) is 1.64. The monoisotopic (exact) mass is 455 g/mol. The summed E-state index contributed by atoms with van der Waals surface area (Å²) in [6.07, 6.45) is 4.30. The van der Waals surface area contributed by atoms with Gasteiger partial charge in [0.1, 0.15) is 18.5 Å². The minimum Gasteiger partial charge on any atom is -0.486 e. The first-order valence-corrected chi connectivity index (χ1v) is 11.9. The number of carbonyl (C=O) groups is 2. The molecule has 1 fully saturated rings. The highest BCUT2D eigenvalue weighted by molar-refractivity contribution is 8.00. The van der Waals surface area contributed by atoms with Crippen molar-refractivity contribution >= 4 is 23.6 Å². The Morgan fingerprint density at radius 3 is 2.56 bits per heavy atom. The molecule has 4 rings (SSSR count). The first kappa shape index (κ1) is 22.5. The minimum atomic E-state index is -0.396. The molecule has 0 bridgehead atoms. The van der Waals surface area contributed by atoms with Crippen molar-refractivity contribution < 1.29 is 23.8 Å². The predicted molar refractivity (Wildman–Crippen MR) is 124 cm³/mol. The molecule has 1 aliphatic heterocycles. The van der Waals surface area contributed by atoms with Crippen molar-refractivity contribution in [3.8, 4) is 11.5 Å². The van der Waals surface area contributed by atoms with E-state index in [2.05, 4.69) is 17.4 Å². The van der Waals surface area contributed by atoms with E-state index in [9.17, 15) is 9.59 Å². The van der Waals surface area contributed by atoms with E-state index in [1.165, 1.54) is 24.4 Å². The lowest BCUT2D eigenvalue weighted by atomic mass is 9.78. The van der Waals surface area contributed by atoms with E-state index in [4.69, 9.17) is 14.2 Å². The number of benzene rings is 2. The summed E-state index contributed by atoms with van der Waals surface area (Å²) in [7, 11) is 1.37. The van der Waals surface area contributed by atoms with E-state index in [0.717, 1.165) is 42.1 Å². The standard InChI is InChI=1S/C25H29NO5S/c1-17(24(28)29-2)32-22-8-4-3-7-19(22)23(27)26-16-25(11-5-6-12-25)18-9-10-20-21(15-18)31-14-13-30-20/h3-4,7-10,15,17H,5-6,11-14,16H2,1-2H3,(H,26,27). The molecule has 1 aliphatic carbocycles. The zero-order valence-electron chi connectivity index (χ0n) is 18.5. The smallest absolute Gasteiger partial charge is 0.318 e. The SMILES string of the molecule is COC(=O)C(C)Sc1ccccc1C(=O)NCC1(c2ccc3c(c2)OCCO3)CCCC1. The number of hydrogen-bond donors (Lipinski definition) is 1. The zero-order valence-corrected chi connectivity index (χ0v) is 19.3. The first-order chi connectivity index (χ1) is 15.5. The second-order valence-electron chi connectivity index (χ2n) is 8.31. The van der Waals surface area contributed by atoms with E-state index in [1.54, 1.807) is 13.0 Å². The minimum absolute atomic E-state index is 0.118. The summed E-state index contributed by atoms with van der Waals surface area (Å²) in [6, 6.07) is 13.5. The molecule has 0 radical (unpaired) electrons. The maximum atomic E-state index is 13.2. The summed E-state index contributed by atoms with van der Waals surface area (Å²) >= 11 is 1.33. The van der Waals surface area contributed by atoms with Gasteiger partial charge in [-0.1, -0.05) is 31.0 Å². The molecule has 0 saturated heterocycles. The van der Waals surface area contributed by atoms with Crippen molar-refractivity contribution in [3.63, 3.8) is 0 Å².